The topological polar surface area (TPSA) is 50.9 Å². The Bertz CT molecular complexity index is 575. The fourth-order valence-electron chi connectivity index (χ4n) is 2.30. The summed E-state index contributed by atoms with van der Waals surface area (Å²) in [6, 6.07) is 4.17. The quantitative estimate of drug-likeness (QED) is 0.918. The number of benzene rings is 1. The molecule has 0 saturated carbocycles. The van der Waals surface area contributed by atoms with Crippen molar-refractivity contribution in [3.63, 3.8) is 0 Å². The SMILES string of the molecule is CCCn1nncc1C(O)c1cc(C)c(C)cc1C. The van der Waals surface area contributed by atoms with Crippen molar-refractivity contribution in [3.05, 3.63) is 46.3 Å². The lowest BCUT2D eigenvalue weighted by atomic mass is 9.96. The summed E-state index contributed by atoms with van der Waals surface area (Å²) in [7, 11) is 0. The summed E-state index contributed by atoms with van der Waals surface area (Å²) in [5.41, 5.74) is 5.22. The average molecular weight is 259 g/mol. The summed E-state index contributed by atoms with van der Waals surface area (Å²) < 4.78 is 1.78. The molecule has 19 heavy (non-hydrogen) atoms. The number of nitrogens with zero attached hydrogens (tertiary/aromatic N) is 3. The van der Waals surface area contributed by atoms with Gasteiger partial charge in [0, 0.05) is 6.54 Å². The number of rotatable bonds is 4. The number of aryl methyl sites for hydroxylation is 4. The third-order valence-corrected chi connectivity index (χ3v) is 3.54. The summed E-state index contributed by atoms with van der Waals surface area (Å²) >= 11 is 0. The maximum absolute atomic E-state index is 10.6. The van der Waals surface area contributed by atoms with Gasteiger partial charge in [-0.15, -0.1) is 5.10 Å². The van der Waals surface area contributed by atoms with Crippen molar-refractivity contribution in [1.82, 2.24) is 15.0 Å². The average Bonchev–Trinajstić information content (AvgIpc) is 2.82. The van der Waals surface area contributed by atoms with Crippen molar-refractivity contribution < 1.29 is 5.11 Å². The van der Waals surface area contributed by atoms with Crippen LogP contribution in [0.3, 0.4) is 0 Å². The molecule has 0 amide bonds. The molecular formula is C15H21N3O. The Hall–Kier alpha value is -1.68. The molecule has 0 aliphatic carbocycles. The van der Waals surface area contributed by atoms with Crippen LogP contribution in [0.15, 0.2) is 18.3 Å². The first-order chi connectivity index (χ1) is 9.04. The smallest absolute Gasteiger partial charge is 0.123 e. The van der Waals surface area contributed by atoms with E-state index in [2.05, 4.69) is 43.2 Å². The third kappa shape index (κ3) is 2.68. The van der Waals surface area contributed by atoms with Crippen LogP contribution in [0, 0.1) is 20.8 Å². The second-order valence-corrected chi connectivity index (χ2v) is 5.08. The van der Waals surface area contributed by atoms with Crippen molar-refractivity contribution in [2.45, 2.75) is 46.8 Å². The van der Waals surface area contributed by atoms with Gasteiger partial charge in [0.05, 0.1) is 11.9 Å². The Labute approximate surface area is 114 Å². The molecule has 1 aromatic heterocycles. The molecule has 0 radical (unpaired) electrons. The normalized spacial score (nSPS) is 12.7. The predicted molar refractivity (Wildman–Crippen MR) is 75.0 cm³/mol. The van der Waals surface area contributed by atoms with Crippen LogP contribution in [0.25, 0.3) is 0 Å². The van der Waals surface area contributed by atoms with Crippen molar-refractivity contribution in [2.75, 3.05) is 0 Å². The van der Waals surface area contributed by atoms with E-state index in [0.29, 0.717) is 0 Å². The van der Waals surface area contributed by atoms with Crippen LogP contribution < -0.4 is 0 Å². The van der Waals surface area contributed by atoms with Crippen molar-refractivity contribution in [2.24, 2.45) is 0 Å². The molecule has 0 aliphatic heterocycles. The van der Waals surface area contributed by atoms with E-state index in [-0.39, 0.29) is 0 Å². The minimum absolute atomic E-state index is 0.666. The van der Waals surface area contributed by atoms with Crippen LogP contribution >= 0.6 is 0 Å². The van der Waals surface area contributed by atoms with E-state index in [1.54, 1.807) is 10.9 Å². The first-order valence-corrected chi connectivity index (χ1v) is 6.68. The van der Waals surface area contributed by atoms with Gasteiger partial charge in [-0.3, -0.25) is 0 Å². The van der Waals surface area contributed by atoms with Gasteiger partial charge in [-0.2, -0.15) is 0 Å². The molecule has 0 aliphatic rings. The molecule has 0 spiro atoms. The second-order valence-electron chi connectivity index (χ2n) is 5.08. The van der Waals surface area contributed by atoms with Crippen molar-refractivity contribution in [3.8, 4) is 0 Å². The number of aliphatic hydroxyl groups is 1. The molecule has 1 aromatic carbocycles. The Morgan fingerprint density at radius 3 is 2.53 bits per heavy atom. The molecule has 2 aromatic rings. The second kappa shape index (κ2) is 5.53. The number of hydrogen-bond acceptors (Lipinski definition) is 3. The van der Waals surface area contributed by atoms with Gasteiger partial charge in [-0.25, -0.2) is 4.68 Å². The summed E-state index contributed by atoms with van der Waals surface area (Å²) in [5, 5.41) is 18.5. The van der Waals surface area contributed by atoms with E-state index in [0.717, 1.165) is 29.8 Å². The fraction of sp³-hybridized carbons (Fsp3) is 0.467. The van der Waals surface area contributed by atoms with Gasteiger partial charge in [-0.1, -0.05) is 24.3 Å². The molecule has 2 rings (SSSR count). The molecule has 0 fully saturated rings. The zero-order valence-electron chi connectivity index (χ0n) is 12.0. The summed E-state index contributed by atoms with van der Waals surface area (Å²) in [4.78, 5) is 0. The molecule has 1 atom stereocenters. The Morgan fingerprint density at radius 1 is 1.16 bits per heavy atom. The zero-order valence-corrected chi connectivity index (χ0v) is 12.0. The van der Waals surface area contributed by atoms with E-state index in [4.69, 9.17) is 0 Å². The molecule has 4 heteroatoms. The largest absolute Gasteiger partial charge is 0.382 e. The van der Waals surface area contributed by atoms with E-state index in [1.807, 2.05) is 6.92 Å². The zero-order chi connectivity index (χ0) is 14.0. The van der Waals surface area contributed by atoms with Crippen LogP contribution in [0.5, 0.6) is 0 Å². The highest BCUT2D eigenvalue weighted by Crippen LogP contribution is 2.26. The minimum Gasteiger partial charge on any atom is -0.382 e. The minimum atomic E-state index is -0.666. The number of aromatic nitrogens is 3. The highest BCUT2D eigenvalue weighted by Gasteiger charge is 2.18. The molecule has 1 unspecified atom stereocenters. The molecule has 1 heterocycles. The highest BCUT2D eigenvalue weighted by molar-refractivity contribution is 5.39. The first-order valence-electron chi connectivity index (χ1n) is 6.68. The Kier molecular flexibility index (Phi) is 4.00. The van der Waals surface area contributed by atoms with Crippen LogP contribution in [0.4, 0.5) is 0 Å². The van der Waals surface area contributed by atoms with Gasteiger partial charge in [0.25, 0.3) is 0 Å². The fourth-order valence-corrected chi connectivity index (χ4v) is 2.30. The summed E-state index contributed by atoms with van der Waals surface area (Å²) in [5.74, 6) is 0. The monoisotopic (exact) mass is 259 g/mol. The van der Waals surface area contributed by atoms with Gasteiger partial charge >= 0.3 is 0 Å². The standard InChI is InChI=1S/C15H21N3O/c1-5-6-18-14(9-16-17-18)15(19)13-8-11(3)10(2)7-12(13)4/h7-9,15,19H,5-6H2,1-4H3. The van der Waals surface area contributed by atoms with Gasteiger partial charge < -0.3 is 5.11 Å². The summed E-state index contributed by atoms with van der Waals surface area (Å²) in [6.07, 6.45) is 1.95. The number of aliphatic hydroxyl groups excluding tert-OH is 1. The molecule has 0 bridgehead atoms. The van der Waals surface area contributed by atoms with E-state index in [1.165, 1.54) is 11.1 Å². The molecular weight excluding hydrogens is 238 g/mol. The first kappa shape index (κ1) is 13.7. The van der Waals surface area contributed by atoms with E-state index in [9.17, 15) is 5.11 Å². The van der Waals surface area contributed by atoms with Gasteiger partial charge in [0.15, 0.2) is 0 Å². The molecule has 1 N–H and O–H groups in total. The maximum atomic E-state index is 10.6. The van der Waals surface area contributed by atoms with E-state index >= 15 is 0 Å². The van der Waals surface area contributed by atoms with Gasteiger partial charge in [0.2, 0.25) is 0 Å². The Morgan fingerprint density at radius 2 is 1.84 bits per heavy atom. The van der Waals surface area contributed by atoms with Crippen molar-refractivity contribution >= 4 is 0 Å². The lowest BCUT2D eigenvalue weighted by Gasteiger charge is -2.16. The van der Waals surface area contributed by atoms with Crippen LogP contribution in [0.2, 0.25) is 0 Å². The highest BCUT2D eigenvalue weighted by atomic mass is 16.3. The van der Waals surface area contributed by atoms with Crippen LogP contribution in [-0.4, -0.2) is 20.1 Å². The molecule has 4 nitrogen and oxygen atoms in total. The lowest BCUT2D eigenvalue weighted by molar-refractivity contribution is 0.206. The summed E-state index contributed by atoms with van der Waals surface area (Å²) in [6.45, 7) is 9.03. The number of hydrogen-bond donors (Lipinski definition) is 1. The van der Waals surface area contributed by atoms with Crippen molar-refractivity contribution in [1.29, 1.82) is 0 Å². The lowest BCUT2D eigenvalue weighted by Crippen LogP contribution is -2.11. The molecule has 102 valence electrons. The molecule has 0 saturated heterocycles. The Balaban J connectivity index is 2.41. The predicted octanol–water partition coefficient (Wildman–Crippen LogP) is 2.70. The van der Waals surface area contributed by atoms with Crippen LogP contribution in [0.1, 0.15) is 47.4 Å². The third-order valence-electron chi connectivity index (χ3n) is 3.54. The van der Waals surface area contributed by atoms with E-state index < -0.39 is 6.10 Å². The van der Waals surface area contributed by atoms with Gasteiger partial charge in [-0.05, 0) is 49.4 Å². The maximum Gasteiger partial charge on any atom is 0.123 e. The van der Waals surface area contributed by atoms with Crippen LogP contribution in [-0.2, 0) is 6.54 Å². The van der Waals surface area contributed by atoms with Gasteiger partial charge in [0.1, 0.15) is 6.10 Å².